The van der Waals surface area contributed by atoms with Crippen LogP contribution in [0.1, 0.15) is 13.3 Å². The van der Waals surface area contributed by atoms with Crippen molar-refractivity contribution in [3.05, 3.63) is 29.8 Å². The van der Waals surface area contributed by atoms with E-state index in [0.29, 0.717) is 0 Å². The van der Waals surface area contributed by atoms with Gasteiger partial charge in [-0.2, -0.15) is 0 Å². The number of nitrogens with zero attached hydrogens (tertiary/aromatic N) is 1. The first-order chi connectivity index (χ1) is 9.43. The van der Waals surface area contributed by atoms with Crippen LogP contribution in [-0.2, 0) is 14.3 Å². The normalized spacial score (nSPS) is 10.2. The maximum Gasteiger partial charge on any atom is 0.323 e. The number of rotatable bonds is 7. The number of carboxylic acid groups (broad SMARTS) is 1. The molecule has 0 atom stereocenters. The van der Waals surface area contributed by atoms with Crippen LogP contribution in [0.5, 0.6) is 0 Å². The maximum absolute atomic E-state index is 13.6. The van der Waals surface area contributed by atoms with Crippen molar-refractivity contribution in [1.82, 2.24) is 0 Å². The van der Waals surface area contributed by atoms with Gasteiger partial charge in [0.05, 0.1) is 18.7 Å². The number of halogens is 2. The van der Waals surface area contributed by atoms with E-state index >= 15 is 0 Å². The van der Waals surface area contributed by atoms with Gasteiger partial charge in [-0.3, -0.25) is 9.59 Å². The number of carbonyl (C=O) groups excluding carboxylic acids is 1. The SMILES string of the molecule is CCOC(=O)CCN(CC(=O)O)c1cc(F)ccc1F. The fourth-order valence-electron chi connectivity index (χ4n) is 1.64. The average molecular weight is 287 g/mol. The molecule has 0 unspecified atom stereocenters. The van der Waals surface area contributed by atoms with E-state index in [9.17, 15) is 18.4 Å². The fourth-order valence-corrected chi connectivity index (χ4v) is 1.64. The third-order valence-electron chi connectivity index (χ3n) is 2.47. The van der Waals surface area contributed by atoms with Gasteiger partial charge in [0, 0.05) is 12.6 Å². The van der Waals surface area contributed by atoms with Crippen molar-refractivity contribution in [3.8, 4) is 0 Å². The highest BCUT2D eigenvalue weighted by atomic mass is 19.1. The molecule has 0 bridgehead atoms. The molecule has 0 aliphatic rings. The van der Waals surface area contributed by atoms with Crippen molar-refractivity contribution in [2.24, 2.45) is 0 Å². The molecular weight excluding hydrogens is 272 g/mol. The second-order valence-electron chi connectivity index (χ2n) is 3.97. The van der Waals surface area contributed by atoms with E-state index in [0.717, 1.165) is 23.1 Å². The lowest BCUT2D eigenvalue weighted by molar-refractivity contribution is -0.143. The largest absolute Gasteiger partial charge is 0.480 e. The molecule has 20 heavy (non-hydrogen) atoms. The van der Waals surface area contributed by atoms with Crippen molar-refractivity contribution >= 4 is 17.6 Å². The lowest BCUT2D eigenvalue weighted by Crippen LogP contribution is -2.32. The summed E-state index contributed by atoms with van der Waals surface area (Å²) < 4.78 is 31.5. The summed E-state index contributed by atoms with van der Waals surface area (Å²) in [6.07, 6.45) is -0.114. The summed E-state index contributed by atoms with van der Waals surface area (Å²) in [5.41, 5.74) is -0.198. The van der Waals surface area contributed by atoms with Gasteiger partial charge in [0.25, 0.3) is 0 Å². The zero-order valence-corrected chi connectivity index (χ0v) is 10.9. The van der Waals surface area contributed by atoms with Gasteiger partial charge in [-0.05, 0) is 19.1 Å². The summed E-state index contributed by atoms with van der Waals surface area (Å²) in [4.78, 5) is 23.1. The zero-order valence-electron chi connectivity index (χ0n) is 10.9. The molecule has 1 aromatic carbocycles. The van der Waals surface area contributed by atoms with Gasteiger partial charge in [-0.1, -0.05) is 0 Å². The van der Waals surface area contributed by atoms with E-state index in [4.69, 9.17) is 9.84 Å². The molecule has 110 valence electrons. The van der Waals surface area contributed by atoms with E-state index in [-0.39, 0.29) is 25.3 Å². The Hall–Kier alpha value is -2.18. The molecule has 0 heterocycles. The molecule has 0 saturated heterocycles. The van der Waals surface area contributed by atoms with Gasteiger partial charge in [0.2, 0.25) is 0 Å². The third-order valence-corrected chi connectivity index (χ3v) is 2.47. The first-order valence-electron chi connectivity index (χ1n) is 6.01. The maximum atomic E-state index is 13.6. The van der Waals surface area contributed by atoms with Gasteiger partial charge in [-0.15, -0.1) is 0 Å². The molecule has 0 spiro atoms. The summed E-state index contributed by atoms with van der Waals surface area (Å²) in [6.45, 7) is 1.22. The van der Waals surface area contributed by atoms with Crippen molar-refractivity contribution in [3.63, 3.8) is 0 Å². The van der Waals surface area contributed by atoms with Crippen molar-refractivity contribution < 1.29 is 28.2 Å². The zero-order chi connectivity index (χ0) is 15.1. The molecule has 0 amide bonds. The Labute approximate surface area is 114 Å². The van der Waals surface area contributed by atoms with Crippen LogP contribution < -0.4 is 4.90 Å². The quantitative estimate of drug-likeness (QED) is 0.775. The molecule has 7 heteroatoms. The Kier molecular flexibility index (Phi) is 5.89. The highest BCUT2D eigenvalue weighted by Crippen LogP contribution is 2.20. The van der Waals surface area contributed by atoms with Gasteiger partial charge >= 0.3 is 11.9 Å². The Morgan fingerprint density at radius 1 is 1.35 bits per heavy atom. The van der Waals surface area contributed by atoms with Crippen LogP contribution in [0.2, 0.25) is 0 Å². The minimum Gasteiger partial charge on any atom is -0.480 e. The third kappa shape index (κ3) is 4.83. The molecule has 1 N–H and O–H groups in total. The Balaban J connectivity index is 2.85. The number of carboxylic acids is 1. The van der Waals surface area contributed by atoms with Crippen molar-refractivity contribution in [2.75, 3.05) is 24.6 Å². The minimum atomic E-state index is -1.21. The van der Waals surface area contributed by atoms with Crippen LogP contribution in [0.3, 0.4) is 0 Å². The Morgan fingerprint density at radius 3 is 2.65 bits per heavy atom. The van der Waals surface area contributed by atoms with Crippen LogP contribution in [-0.4, -0.2) is 36.7 Å². The standard InChI is InChI=1S/C13H15F2NO4/c1-2-20-13(19)5-6-16(8-12(17)18)11-7-9(14)3-4-10(11)15/h3-4,7H,2,5-6,8H2,1H3,(H,17,18). The predicted molar refractivity (Wildman–Crippen MR) is 67.5 cm³/mol. The highest BCUT2D eigenvalue weighted by Gasteiger charge is 2.17. The Bertz CT molecular complexity index is 493. The molecule has 5 nitrogen and oxygen atoms in total. The number of benzene rings is 1. The lowest BCUT2D eigenvalue weighted by Gasteiger charge is -2.22. The monoisotopic (exact) mass is 287 g/mol. The van der Waals surface area contributed by atoms with E-state index in [2.05, 4.69) is 0 Å². The number of hydrogen-bond acceptors (Lipinski definition) is 4. The average Bonchev–Trinajstić information content (AvgIpc) is 2.37. The molecule has 1 aromatic rings. The molecule has 1 rings (SSSR count). The number of esters is 1. The van der Waals surface area contributed by atoms with E-state index < -0.39 is 30.1 Å². The minimum absolute atomic E-state index is 0.0779. The predicted octanol–water partition coefficient (Wildman–Crippen LogP) is 1.81. The topological polar surface area (TPSA) is 66.8 Å². The highest BCUT2D eigenvalue weighted by molar-refractivity contribution is 5.75. The summed E-state index contributed by atoms with van der Waals surface area (Å²) in [6, 6.07) is 2.73. The molecule has 0 aromatic heterocycles. The number of anilines is 1. The lowest BCUT2D eigenvalue weighted by atomic mass is 10.2. The van der Waals surface area contributed by atoms with Crippen LogP contribution in [0, 0.1) is 11.6 Å². The van der Waals surface area contributed by atoms with Gasteiger partial charge in [0.15, 0.2) is 0 Å². The molecular formula is C13H15F2NO4. The second-order valence-corrected chi connectivity index (χ2v) is 3.97. The van der Waals surface area contributed by atoms with E-state index in [1.54, 1.807) is 6.92 Å². The molecule has 0 saturated carbocycles. The smallest absolute Gasteiger partial charge is 0.323 e. The summed E-state index contributed by atoms with van der Waals surface area (Å²) >= 11 is 0. The summed E-state index contributed by atoms with van der Waals surface area (Å²) in [5, 5.41) is 8.80. The van der Waals surface area contributed by atoms with Gasteiger partial charge in [-0.25, -0.2) is 8.78 Å². The number of hydrogen-bond donors (Lipinski definition) is 1. The van der Waals surface area contributed by atoms with E-state index in [1.807, 2.05) is 0 Å². The number of aliphatic carboxylic acids is 1. The Morgan fingerprint density at radius 2 is 2.05 bits per heavy atom. The van der Waals surface area contributed by atoms with E-state index in [1.165, 1.54) is 0 Å². The van der Waals surface area contributed by atoms with Crippen LogP contribution in [0.15, 0.2) is 18.2 Å². The van der Waals surface area contributed by atoms with Crippen LogP contribution >= 0.6 is 0 Å². The molecule has 0 fully saturated rings. The summed E-state index contributed by atoms with van der Waals surface area (Å²) in [5.74, 6) is -3.18. The molecule has 0 aliphatic carbocycles. The van der Waals surface area contributed by atoms with Crippen molar-refractivity contribution in [2.45, 2.75) is 13.3 Å². The second kappa shape index (κ2) is 7.42. The fraction of sp³-hybridized carbons (Fsp3) is 0.385. The van der Waals surface area contributed by atoms with Gasteiger partial charge < -0.3 is 14.7 Å². The number of carbonyl (C=O) groups is 2. The first-order valence-corrected chi connectivity index (χ1v) is 6.01. The van der Waals surface area contributed by atoms with Crippen LogP contribution in [0.4, 0.5) is 14.5 Å². The number of ether oxygens (including phenoxy) is 1. The van der Waals surface area contributed by atoms with Gasteiger partial charge in [0.1, 0.15) is 18.2 Å². The van der Waals surface area contributed by atoms with Crippen LogP contribution in [0.25, 0.3) is 0 Å². The summed E-state index contributed by atoms with van der Waals surface area (Å²) in [7, 11) is 0. The first kappa shape index (κ1) is 15.9. The molecule has 0 radical (unpaired) electrons. The molecule has 0 aliphatic heterocycles. The van der Waals surface area contributed by atoms with Crippen molar-refractivity contribution in [1.29, 1.82) is 0 Å².